The van der Waals surface area contributed by atoms with E-state index < -0.39 is 0 Å². The summed E-state index contributed by atoms with van der Waals surface area (Å²) in [5.74, 6) is -0.336. The summed E-state index contributed by atoms with van der Waals surface area (Å²) in [4.78, 5) is 40.9. The van der Waals surface area contributed by atoms with Gasteiger partial charge in [-0.15, -0.1) is 0 Å². The molecule has 120 valence electrons. The van der Waals surface area contributed by atoms with Crippen molar-refractivity contribution in [1.29, 1.82) is 0 Å². The summed E-state index contributed by atoms with van der Waals surface area (Å²) < 4.78 is 2.54. The van der Waals surface area contributed by atoms with Crippen molar-refractivity contribution in [2.75, 3.05) is 18.8 Å². The smallest absolute Gasteiger partial charge is 0.288 e. The lowest BCUT2D eigenvalue weighted by Gasteiger charge is -2.13. The molecule has 2 aromatic heterocycles. The molecule has 23 heavy (non-hydrogen) atoms. The van der Waals surface area contributed by atoms with Gasteiger partial charge in [0.05, 0.1) is 11.4 Å². The fourth-order valence-corrected chi connectivity index (χ4v) is 3.46. The van der Waals surface area contributed by atoms with Crippen LogP contribution in [0.1, 0.15) is 16.2 Å². The average molecular weight is 397 g/mol. The Morgan fingerprint density at radius 2 is 2.22 bits per heavy atom. The molecule has 1 saturated heterocycles. The second-order valence-corrected chi connectivity index (χ2v) is 6.82. The lowest BCUT2D eigenvalue weighted by molar-refractivity contribution is -0.124. The zero-order valence-corrected chi connectivity index (χ0v) is 14.6. The fourth-order valence-electron chi connectivity index (χ4n) is 2.37. The first-order valence-electron chi connectivity index (χ1n) is 6.87. The number of carbonyl (C=O) groups excluding carboxylic acids is 3. The fraction of sp³-hybridized carbons (Fsp3) is 0.286. The molecule has 2 aromatic rings. The Morgan fingerprint density at radius 3 is 2.91 bits per heavy atom. The SMILES string of the molecule is Cc1nc2ccc(Br)cn2c1C(=O)NCCN1C(=O)CSC1=O. The van der Waals surface area contributed by atoms with E-state index in [2.05, 4.69) is 26.2 Å². The third kappa shape index (κ3) is 3.11. The number of rotatable bonds is 4. The van der Waals surface area contributed by atoms with Gasteiger partial charge in [0, 0.05) is 23.8 Å². The Morgan fingerprint density at radius 1 is 1.43 bits per heavy atom. The van der Waals surface area contributed by atoms with Gasteiger partial charge in [-0.05, 0) is 35.0 Å². The summed E-state index contributed by atoms with van der Waals surface area (Å²) in [6.07, 6.45) is 1.77. The lowest BCUT2D eigenvalue weighted by atomic mass is 10.3. The molecule has 0 unspecified atom stereocenters. The minimum absolute atomic E-state index is 0.174. The van der Waals surface area contributed by atoms with Crippen molar-refractivity contribution in [1.82, 2.24) is 19.6 Å². The van der Waals surface area contributed by atoms with Crippen LogP contribution < -0.4 is 5.32 Å². The average Bonchev–Trinajstić information content (AvgIpc) is 2.99. The highest BCUT2D eigenvalue weighted by atomic mass is 79.9. The number of imide groups is 1. The summed E-state index contributed by atoms with van der Waals surface area (Å²) in [6, 6.07) is 3.67. The van der Waals surface area contributed by atoms with Crippen LogP contribution in [0.5, 0.6) is 0 Å². The molecule has 0 aliphatic carbocycles. The zero-order chi connectivity index (χ0) is 16.6. The van der Waals surface area contributed by atoms with Crippen molar-refractivity contribution in [3.8, 4) is 0 Å². The van der Waals surface area contributed by atoms with Gasteiger partial charge in [0.25, 0.3) is 11.1 Å². The highest BCUT2D eigenvalue weighted by Gasteiger charge is 2.29. The quantitative estimate of drug-likeness (QED) is 0.851. The number of fused-ring (bicyclic) bond motifs is 1. The second kappa shape index (κ2) is 6.32. The molecule has 0 radical (unpaired) electrons. The highest BCUT2D eigenvalue weighted by molar-refractivity contribution is 9.10. The largest absolute Gasteiger partial charge is 0.349 e. The van der Waals surface area contributed by atoms with Crippen LogP contribution >= 0.6 is 27.7 Å². The van der Waals surface area contributed by atoms with Gasteiger partial charge in [-0.25, -0.2) is 4.98 Å². The molecule has 3 rings (SSSR count). The minimum Gasteiger partial charge on any atom is -0.349 e. The van der Waals surface area contributed by atoms with Crippen molar-refractivity contribution in [2.24, 2.45) is 0 Å². The number of hydrogen-bond acceptors (Lipinski definition) is 5. The van der Waals surface area contributed by atoms with Gasteiger partial charge in [0.1, 0.15) is 11.3 Å². The Hall–Kier alpha value is -1.87. The Bertz CT molecular complexity index is 804. The first kappa shape index (κ1) is 16.0. The normalized spacial score (nSPS) is 14.8. The standard InChI is InChI=1S/C14H13BrN4O3S/c1-8-12(19-6-9(15)2-3-10(19)17-8)13(21)16-4-5-18-11(20)7-23-14(18)22/h2-3,6H,4-5,7H2,1H3,(H,16,21). The van der Waals surface area contributed by atoms with Crippen LogP contribution in [0.3, 0.4) is 0 Å². The van der Waals surface area contributed by atoms with Crippen LogP contribution in [0, 0.1) is 6.92 Å². The van der Waals surface area contributed by atoms with Crippen molar-refractivity contribution < 1.29 is 14.4 Å². The predicted octanol–water partition coefficient (Wildman–Crippen LogP) is 1.83. The summed E-state index contributed by atoms with van der Waals surface area (Å²) >= 11 is 4.35. The number of imidazole rings is 1. The Kier molecular flexibility index (Phi) is 4.40. The molecule has 1 aliphatic rings. The number of aromatic nitrogens is 2. The van der Waals surface area contributed by atoms with E-state index in [4.69, 9.17) is 0 Å². The van der Waals surface area contributed by atoms with Gasteiger partial charge in [-0.3, -0.25) is 23.7 Å². The van der Waals surface area contributed by atoms with Crippen LogP contribution in [0.15, 0.2) is 22.8 Å². The monoisotopic (exact) mass is 396 g/mol. The predicted molar refractivity (Wildman–Crippen MR) is 89.5 cm³/mol. The number of thioether (sulfide) groups is 1. The van der Waals surface area contributed by atoms with Crippen molar-refractivity contribution in [3.05, 3.63) is 34.2 Å². The maximum Gasteiger partial charge on any atom is 0.288 e. The first-order chi connectivity index (χ1) is 11.0. The molecular formula is C14H13BrN4O3S. The van der Waals surface area contributed by atoms with E-state index in [1.807, 2.05) is 12.1 Å². The number of carbonyl (C=O) groups is 3. The van der Waals surface area contributed by atoms with Crippen molar-refractivity contribution in [2.45, 2.75) is 6.92 Å². The maximum atomic E-state index is 12.4. The molecule has 1 N–H and O–H groups in total. The Balaban J connectivity index is 1.71. The number of amides is 3. The number of nitrogens with zero attached hydrogens (tertiary/aromatic N) is 3. The van der Waals surface area contributed by atoms with E-state index in [-0.39, 0.29) is 35.9 Å². The van der Waals surface area contributed by atoms with E-state index in [0.29, 0.717) is 17.0 Å². The van der Waals surface area contributed by atoms with Gasteiger partial charge in [0.15, 0.2) is 0 Å². The molecule has 0 saturated carbocycles. The minimum atomic E-state index is -0.292. The molecule has 0 atom stereocenters. The highest BCUT2D eigenvalue weighted by Crippen LogP contribution is 2.18. The van der Waals surface area contributed by atoms with E-state index in [1.54, 1.807) is 17.5 Å². The topological polar surface area (TPSA) is 83.8 Å². The van der Waals surface area contributed by atoms with Crippen LogP contribution in [-0.2, 0) is 4.79 Å². The number of pyridine rings is 1. The molecule has 7 nitrogen and oxygen atoms in total. The number of aryl methyl sites for hydroxylation is 1. The van der Waals surface area contributed by atoms with Crippen LogP contribution in [0.2, 0.25) is 0 Å². The van der Waals surface area contributed by atoms with Gasteiger partial charge in [0.2, 0.25) is 5.91 Å². The summed E-state index contributed by atoms with van der Waals surface area (Å²) in [7, 11) is 0. The van der Waals surface area contributed by atoms with Crippen molar-refractivity contribution >= 4 is 50.4 Å². The molecule has 1 fully saturated rings. The van der Waals surface area contributed by atoms with E-state index in [0.717, 1.165) is 21.1 Å². The third-order valence-electron chi connectivity index (χ3n) is 3.43. The molecule has 0 bridgehead atoms. The third-order valence-corrected chi connectivity index (χ3v) is 4.76. The maximum absolute atomic E-state index is 12.4. The van der Waals surface area contributed by atoms with E-state index in [1.165, 1.54) is 0 Å². The van der Waals surface area contributed by atoms with Crippen LogP contribution in [0.25, 0.3) is 5.65 Å². The summed E-state index contributed by atoms with van der Waals surface area (Å²) in [5.41, 5.74) is 1.73. The van der Waals surface area contributed by atoms with E-state index >= 15 is 0 Å². The lowest BCUT2D eigenvalue weighted by Crippen LogP contribution is -2.37. The van der Waals surface area contributed by atoms with Crippen LogP contribution in [-0.4, -0.2) is 50.2 Å². The number of nitrogens with one attached hydrogen (secondary N) is 1. The summed E-state index contributed by atoms with van der Waals surface area (Å²) in [5, 5.41) is 2.47. The molecule has 3 amide bonds. The second-order valence-electron chi connectivity index (χ2n) is 4.98. The zero-order valence-electron chi connectivity index (χ0n) is 12.2. The molecule has 0 aromatic carbocycles. The van der Waals surface area contributed by atoms with Gasteiger partial charge < -0.3 is 5.32 Å². The molecule has 1 aliphatic heterocycles. The molecular weight excluding hydrogens is 384 g/mol. The van der Waals surface area contributed by atoms with Gasteiger partial charge >= 0.3 is 0 Å². The first-order valence-corrected chi connectivity index (χ1v) is 8.65. The van der Waals surface area contributed by atoms with Crippen molar-refractivity contribution in [3.63, 3.8) is 0 Å². The number of halogens is 1. The Labute approximate surface area is 144 Å². The molecule has 3 heterocycles. The van der Waals surface area contributed by atoms with Gasteiger partial charge in [-0.2, -0.15) is 0 Å². The van der Waals surface area contributed by atoms with Crippen LogP contribution in [0.4, 0.5) is 4.79 Å². The molecule has 9 heteroatoms. The van der Waals surface area contributed by atoms with Gasteiger partial charge in [-0.1, -0.05) is 11.8 Å². The van der Waals surface area contributed by atoms with E-state index in [9.17, 15) is 14.4 Å². The number of hydrogen-bond donors (Lipinski definition) is 1. The molecule has 0 spiro atoms. The summed E-state index contributed by atoms with van der Waals surface area (Å²) in [6.45, 7) is 2.15.